The van der Waals surface area contributed by atoms with Crippen molar-refractivity contribution in [3.8, 4) is 0 Å². The highest BCUT2D eigenvalue weighted by Crippen LogP contribution is 2.04. The summed E-state index contributed by atoms with van der Waals surface area (Å²) in [5.41, 5.74) is 7.27. The van der Waals surface area contributed by atoms with Gasteiger partial charge in [-0.1, -0.05) is 0 Å². The molecule has 0 saturated heterocycles. The summed E-state index contributed by atoms with van der Waals surface area (Å²) in [4.78, 5) is 5.23. The number of nitrogens with two attached hydrogens (primary N) is 1. The lowest BCUT2D eigenvalue weighted by atomic mass is 10.3. The van der Waals surface area contributed by atoms with Crippen molar-refractivity contribution in [2.45, 2.75) is 19.5 Å². The number of rotatable bonds is 4. The van der Waals surface area contributed by atoms with Gasteiger partial charge in [0.1, 0.15) is 0 Å². The highest BCUT2D eigenvalue weighted by molar-refractivity contribution is 7.09. The Bertz CT molecular complexity index is 186. The van der Waals surface area contributed by atoms with Gasteiger partial charge >= 0.3 is 0 Å². The lowest BCUT2D eigenvalue weighted by Gasteiger charge is -2.08. The van der Waals surface area contributed by atoms with Crippen molar-refractivity contribution < 1.29 is 0 Å². The number of hydrogen-bond acceptors (Lipinski definition) is 4. The standard InChI is InChI=1S/C7H13N3S/c1-6(2-8)10-4-7-3-9-5-11-7/h3,5-6,10H,2,4,8H2,1H3/t6-/m1/s1. The molecule has 3 N–H and O–H groups in total. The summed E-state index contributed by atoms with van der Waals surface area (Å²) >= 11 is 1.66. The van der Waals surface area contributed by atoms with Crippen molar-refractivity contribution in [2.24, 2.45) is 5.73 Å². The molecule has 3 nitrogen and oxygen atoms in total. The largest absolute Gasteiger partial charge is 0.329 e. The third-order valence-corrected chi connectivity index (χ3v) is 2.24. The van der Waals surface area contributed by atoms with Crippen LogP contribution in [0.15, 0.2) is 11.7 Å². The molecule has 0 aliphatic rings. The van der Waals surface area contributed by atoms with E-state index in [1.165, 1.54) is 4.88 Å². The number of nitrogens with one attached hydrogen (secondary N) is 1. The first-order valence-corrected chi connectivity index (χ1v) is 4.51. The molecule has 0 aliphatic heterocycles. The maximum Gasteiger partial charge on any atom is 0.0794 e. The normalized spacial score (nSPS) is 13.3. The van der Waals surface area contributed by atoms with Crippen LogP contribution in [0.5, 0.6) is 0 Å². The van der Waals surface area contributed by atoms with Crippen LogP contribution in [0.2, 0.25) is 0 Å². The Hall–Kier alpha value is -0.450. The zero-order valence-corrected chi connectivity index (χ0v) is 7.40. The van der Waals surface area contributed by atoms with E-state index in [1.807, 2.05) is 11.7 Å². The summed E-state index contributed by atoms with van der Waals surface area (Å²) in [7, 11) is 0. The maximum absolute atomic E-state index is 5.44. The highest BCUT2D eigenvalue weighted by Gasteiger charge is 1.98. The average Bonchev–Trinajstić information content (AvgIpc) is 2.52. The molecule has 1 rings (SSSR count). The van der Waals surface area contributed by atoms with E-state index in [-0.39, 0.29) is 0 Å². The second kappa shape index (κ2) is 4.43. The molecule has 0 radical (unpaired) electrons. The van der Waals surface area contributed by atoms with Crippen LogP contribution in [-0.4, -0.2) is 17.6 Å². The molecule has 0 aromatic carbocycles. The molecule has 0 spiro atoms. The summed E-state index contributed by atoms with van der Waals surface area (Å²) in [6.07, 6.45) is 1.88. The molecule has 1 atom stereocenters. The fourth-order valence-corrected chi connectivity index (χ4v) is 1.23. The van der Waals surface area contributed by atoms with Gasteiger partial charge in [0, 0.05) is 30.2 Å². The van der Waals surface area contributed by atoms with E-state index in [0.717, 1.165) is 6.54 Å². The predicted octanol–water partition coefficient (Wildman–Crippen LogP) is 0.580. The molecule has 11 heavy (non-hydrogen) atoms. The number of hydrogen-bond donors (Lipinski definition) is 2. The highest BCUT2D eigenvalue weighted by atomic mass is 32.1. The molecule has 0 aliphatic carbocycles. The van der Waals surface area contributed by atoms with Crippen LogP contribution in [0.3, 0.4) is 0 Å². The molecular weight excluding hydrogens is 158 g/mol. The molecule has 62 valence electrons. The van der Waals surface area contributed by atoms with Crippen molar-refractivity contribution in [1.82, 2.24) is 10.3 Å². The lowest BCUT2D eigenvalue weighted by Crippen LogP contribution is -2.32. The predicted molar refractivity (Wildman–Crippen MR) is 47.5 cm³/mol. The van der Waals surface area contributed by atoms with Crippen LogP contribution < -0.4 is 11.1 Å². The molecule has 4 heteroatoms. The van der Waals surface area contributed by atoms with E-state index in [2.05, 4.69) is 17.2 Å². The van der Waals surface area contributed by atoms with E-state index in [4.69, 9.17) is 5.73 Å². The second-order valence-electron chi connectivity index (χ2n) is 2.49. The summed E-state index contributed by atoms with van der Waals surface area (Å²) in [6, 6.07) is 0.386. The van der Waals surface area contributed by atoms with Crippen LogP contribution in [0, 0.1) is 0 Å². The number of nitrogens with zero attached hydrogens (tertiary/aromatic N) is 1. The van der Waals surface area contributed by atoms with Crippen molar-refractivity contribution in [3.63, 3.8) is 0 Å². The van der Waals surface area contributed by atoms with Crippen molar-refractivity contribution >= 4 is 11.3 Å². The van der Waals surface area contributed by atoms with Gasteiger partial charge in [0.15, 0.2) is 0 Å². The minimum Gasteiger partial charge on any atom is -0.329 e. The Morgan fingerprint density at radius 1 is 1.82 bits per heavy atom. The summed E-state index contributed by atoms with van der Waals surface area (Å²) < 4.78 is 0. The van der Waals surface area contributed by atoms with Gasteiger partial charge < -0.3 is 11.1 Å². The Balaban J connectivity index is 2.23. The van der Waals surface area contributed by atoms with Crippen LogP contribution in [0.25, 0.3) is 0 Å². The molecule has 0 bridgehead atoms. The molecule has 1 aromatic rings. The molecule has 0 saturated carbocycles. The molecule has 1 heterocycles. The fourth-order valence-electron chi connectivity index (χ4n) is 0.688. The van der Waals surface area contributed by atoms with Gasteiger partial charge in [-0.2, -0.15) is 0 Å². The minimum absolute atomic E-state index is 0.386. The summed E-state index contributed by atoms with van der Waals surface area (Å²) in [5.74, 6) is 0. The second-order valence-corrected chi connectivity index (χ2v) is 3.46. The average molecular weight is 171 g/mol. The Morgan fingerprint density at radius 3 is 3.18 bits per heavy atom. The first kappa shape index (κ1) is 8.64. The Labute approximate surface area is 70.6 Å². The van der Waals surface area contributed by atoms with Gasteiger partial charge in [-0.3, -0.25) is 4.98 Å². The minimum atomic E-state index is 0.386. The van der Waals surface area contributed by atoms with Crippen LogP contribution in [0.1, 0.15) is 11.8 Å². The van der Waals surface area contributed by atoms with Gasteiger partial charge in [-0.05, 0) is 6.92 Å². The van der Waals surface area contributed by atoms with E-state index in [9.17, 15) is 0 Å². The van der Waals surface area contributed by atoms with Gasteiger partial charge in [-0.15, -0.1) is 11.3 Å². The van der Waals surface area contributed by atoms with Gasteiger partial charge in [0.2, 0.25) is 0 Å². The third kappa shape index (κ3) is 2.96. The van der Waals surface area contributed by atoms with E-state index in [0.29, 0.717) is 12.6 Å². The topological polar surface area (TPSA) is 50.9 Å². The van der Waals surface area contributed by atoms with E-state index in [1.54, 1.807) is 11.3 Å². The molecule has 0 fully saturated rings. The monoisotopic (exact) mass is 171 g/mol. The first-order valence-electron chi connectivity index (χ1n) is 3.63. The van der Waals surface area contributed by atoms with E-state index >= 15 is 0 Å². The van der Waals surface area contributed by atoms with Crippen LogP contribution in [-0.2, 0) is 6.54 Å². The van der Waals surface area contributed by atoms with Crippen molar-refractivity contribution in [1.29, 1.82) is 0 Å². The van der Waals surface area contributed by atoms with Gasteiger partial charge in [-0.25, -0.2) is 0 Å². The van der Waals surface area contributed by atoms with Crippen LogP contribution >= 0.6 is 11.3 Å². The van der Waals surface area contributed by atoms with Crippen molar-refractivity contribution in [2.75, 3.05) is 6.54 Å². The third-order valence-electron chi connectivity index (χ3n) is 1.46. The SMILES string of the molecule is C[C@H](CN)NCc1cncs1. The maximum atomic E-state index is 5.44. The zero-order valence-electron chi connectivity index (χ0n) is 6.58. The molecule has 0 unspecified atom stereocenters. The molecular formula is C7H13N3S. The first-order chi connectivity index (χ1) is 5.33. The smallest absolute Gasteiger partial charge is 0.0794 e. The quantitative estimate of drug-likeness (QED) is 0.696. The molecule has 1 aromatic heterocycles. The Kier molecular flexibility index (Phi) is 3.48. The van der Waals surface area contributed by atoms with E-state index < -0.39 is 0 Å². The van der Waals surface area contributed by atoms with Gasteiger partial charge in [0.25, 0.3) is 0 Å². The van der Waals surface area contributed by atoms with Gasteiger partial charge in [0.05, 0.1) is 5.51 Å². The van der Waals surface area contributed by atoms with Crippen LogP contribution in [0.4, 0.5) is 0 Å². The summed E-state index contributed by atoms with van der Waals surface area (Å²) in [6.45, 7) is 3.63. The fraction of sp³-hybridized carbons (Fsp3) is 0.571. The van der Waals surface area contributed by atoms with Crippen molar-refractivity contribution in [3.05, 3.63) is 16.6 Å². The lowest BCUT2D eigenvalue weighted by molar-refractivity contribution is 0.559. The Morgan fingerprint density at radius 2 is 2.64 bits per heavy atom. The number of thiazole rings is 1. The zero-order chi connectivity index (χ0) is 8.10. The number of aromatic nitrogens is 1. The summed E-state index contributed by atoms with van der Waals surface area (Å²) in [5, 5.41) is 3.28. The molecule has 0 amide bonds.